The van der Waals surface area contributed by atoms with E-state index in [-0.39, 0.29) is 18.0 Å². The number of aryl methyl sites for hydroxylation is 1. The third-order valence-corrected chi connectivity index (χ3v) is 5.16. The number of terminal acetylenes is 2. The second-order valence-electron chi connectivity index (χ2n) is 5.20. The van der Waals surface area contributed by atoms with E-state index < -0.39 is 10.0 Å². The van der Waals surface area contributed by atoms with Gasteiger partial charge in [0.2, 0.25) is 10.0 Å². The molecule has 0 aliphatic carbocycles. The second-order valence-corrected chi connectivity index (χ2v) is 7.14. The van der Waals surface area contributed by atoms with E-state index in [1.54, 1.807) is 50.3 Å². The molecule has 0 heterocycles. The number of hydrogen-bond donors (Lipinski definition) is 0. The zero-order chi connectivity index (χ0) is 17.5. The van der Waals surface area contributed by atoms with Crippen molar-refractivity contribution in [1.82, 2.24) is 4.31 Å². The largest absolute Gasteiger partial charge is 0.243 e. The molecular weight excluding hydrogens is 306 g/mol. The summed E-state index contributed by atoms with van der Waals surface area (Å²) in [5.41, 5.74) is 2.38. The van der Waals surface area contributed by atoms with E-state index in [0.29, 0.717) is 11.1 Å². The molecule has 0 radical (unpaired) electrons. The summed E-state index contributed by atoms with van der Waals surface area (Å²) >= 11 is 0. The highest BCUT2D eigenvalue weighted by Crippen LogP contribution is 2.17. The number of nitrogens with zero attached hydrogens (tertiary/aromatic N) is 1. The average molecular weight is 327 g/mol. The number of sulfonamides is 1. The number of rotatable bonds is 6. The van der Waals surface area contributed by atoms with Crippen LogP contribution in [0.5, 0.6) is 0 Å². The van der Waals surface area contributed by atoms with Gasteiger partial charge in [0.15, 0.2) is 0 Å². The maximum absolute atomic E-state index is 12.8. The smallest absolute Gasteiger partial charge is 0.207 e. The predicted octanol–water partition coefficient (Wildman–Crippen LogP) is 3.14. The van der Waals surface area contributed by atoms with Gasteiger partial charge in [-0.25, -0.2) is 8.42 Å². The third kappa shape index (κ3) is 5.45. The van der Waals surface area contributed by atoms with Gasteiger partial charge < -0.3 is 0 Å². The fourth-order valence-electron chi connectivity index (χ4n) is 1.73. The van der Waals surface area contributed by atoms with Crippen molar-refractivity contribution in [3.8, 4) is 24.7 Å². The zero-order valence-corrected chi connectivity index (χ0v) is 14.5. The van der Waals surface area contributed by atoms with Crippen LogP contribution in [0.25, 0.3) is 0 Å². The highest BCUT2D eigenvalue weighted by atomic mass is 32.2. The van der Waals surface area contributed by atoms with E-state index in [1.165, 1.54) is 4.31 Å². The topological polar surface area (TPSA) is 37.4 Å². The normalized spacial score (nSPS) is 12.8. The maximum Gasteiger partial charge on any atom is 0.243 e. The molecule has 0 spiro atoms. The van der Waals surface area contributed by atoms with Crippen LogP contribution in [-0.4, -0.2) is 25.8 Å². The molecule has 3 nitrogen and oxygen atoms in total. The monoisotopic (exact) mass is 327 g/mol. The zero-order valence-electron chi connectivity index (χ0n) is 13.7. The number of allylic oxidation sites excluding steroid dienone is 2. The molecule has 120 valence electrons. The van der Waals surface area contributed by atoms with Crippen molar-refractivity contribution >= 4 is 10.0 Å². The molecule has 0 N–H and O–H groups in total. The van der Waals surface area contributed by atoms with Gasteiger partial charge in [0.25, 0.3) is 0 Å². The second kappa shape index (κ2) is 8.39. The molecule has 4 heteroatoms. The van der Waals surface area contributed by atoms with Crippen LogP contribution in [0.1, 0.15) is 19.4 Å². The molecule has 0 unspecified atom stereocenters. The summed E-state index contributed by atoms with van der Waals surface area (Å²) in [7, 11) is -3.62. The fraction of sp³-hybridized carbons (Fsp3) is 0.263. The summed E-state index contributed by atoms with van der Waals surface area (Å²) in [6.45, 7) is 5.83. The van der Waals surface area contributed by atoms with E-state index in [2.05, 4.69) is 11.8 Å². The van der Waals surface area contributed by atoms with Gasteiger partial charge in [-0.3, -0.25) is 0 Å². The first-order valence-corrected chi connectivity index (χ1v) is 8.59. The SMILES string of the molecule is C#C/C(C)=C\CN(C/C=C(/C)C#C)S(=O)(=O)c1ccc(C)cc1. The summed E-state index contributed by atoms with van der Waals surface area (Å²) in [4.78, 5) is 0.252. The van der Waals surface area contributed by atoms with Crippen molar-refractivity contribution < 1.29 is 8.42 Å². The Bertz CT molecular complexity index is 753. The molecule has 0 fully saturated rings. The highest BCUT2D eigenvalue weighted by Gasteiger charge is 2.22. The molecule has 1 rings (SSSR count). The number of hydrogen-bond acceptors (Lipinski definition) is 2. The minimum atomic E-state index is -3.62. The Morgan fingerprint density at radius 3 is 1.87 bits per heavy atom. The van der Waals surface area contributed by atoms with Gasteiger partial charge in [0, 0.05) is 13.1 Å². The molecular formula is C19H21NO2S. The Balaban J connectivity index is 3.18. The van der Waals surface area contributed by atoms with E-state index in [4.69, 9.17) is 12.8 Å². The van der Waals surface area contributed by atoms with Crippen LogP contribution in [0, 0.1) is 31.6 Å². The van der Waals surface area contributed by atoms with Crippen molar-refractivity contribution in [3.63, 3.8) is 0 Å². The van der Waals surface area contributed by atoms with Crippen molar-refractivity contribution in [3.05, 3.63) is 53.1 Å². The Hall–Kier alpha value is -2.27. The lowest BCUT2D eigenvalue weighted by Crippen LogP contribution is -2.31. The predicted molar refractivity (Wildman–Crippen MR) is 95.1 cm³/mol. The van der Waals surface area contributed by atoms with Gasteiger partial charge in [0.1, 0.15) is 0 Å². The minimum Gasteiger partial charge on any atom is -0.207 e. The van der Waals surface area contributed by atoms with E-state index >= 15 is 0 Å². The first-order valence-electron chi connectivity index (χ1n) is 7.15. The molecule has 0 bridgehead atoms. The lowest BCUT2D eigenvalue weighted by atomic mass is 10.2. The quantitative estimate of drug-likeness (QED) is 0.753. The fourth-order valence-corrected chi connectivity index (χ4v) is 3.05. The van der Waals surface area contributed by atoms with Crippen molar-refractivity contribution in [2.45, 2.75) is 25.7 Å². The van der Waals surface area contributed by atoms with Gasteiger partial charge in [-0.1, -0.05) is 41.7 Å². The maximum atomic E-state index is 12.8. The summed E-state index contributed by atoms with van der Waals surface area (Å²) in [5, 5.41) is 0. The molecule has 23 heavy (non-hydrogen) atoms. The highest BCUT2D eigenvalue weighted by molar-refractivity contribution is 7.89. The van der Waals surface area contributed by atoms with Crippen LogP contribution in [0.3, 0.4) is 0 Å². The van der Waals surface area contributed by atoms with Crippen LogP contribution in [0.2, 0.25) is 0 Å². The van der Waals surface area contributed by atoms with E-state index in [0.717, 1.165) is 5.56 Å². The van der Waals surface area contributed by atoms with Crippen molar-refractivity contribution in [2.75, 3.05) is 13.1 Å². The molecule has 0 amide bonds. The van der Waals surface area contributed by atoms with Crippen LogP contribution in [0.4, 0.5) is 0 Å². The van der Waals surface area contributed by atoms with Crippen LogP contribution >= 0.6 is 0 Å². The first-order chi connectivity index (χ1) is 10.8. The summed E-state index contributed by atoms with van der Waals surface area (Å²) in [6.07, 6.45) is 14.1. The molecule has 0 aromatic heterocycles. The summed E-state index contributed by atoms with van der Waals surface area (Å²) in [5.74, 6) is 4.97. The van der Waals surface area contributed by atoms with Gasteiger partial charge in [-0.15, -0.1) is 12.8 Å². The Labute approximate surface area is 139 Å². The van der Waals surface area contributed by atoms with E-state index in [9.17, 15) is 8.42 Å². The standard InChI is InChI=1S/C19H21NO2S/c1-6-16(3)12-14-20(15-13-17(4)7-2)23(21,22)19-10-8-18(5)9-11-19/h1-2,8-13H,14-15H2,3-5H3/b16-12-,17-13-. The van der Waals surface area contributed by atoms with Crippen molar-refractivity contribution in [2.24, 2.45) is 0 Å². The Morgan fingerprint density at radius 1 is 1.04 bits per heavy atom. The van der Waals surface area contributed by atoms with Gasteiger partial charge in [-0.2, -0.15) is 4.31 Å². The van der Waals surface area contributed by atoms with Crippen LogP contribution in [-0.2, 0) is 10.0 Å². The lowest BCUT2D eigenvalue weighted by molar-refractivity contribution is 0.473. The summed E-state index contributed by atoms with van der Waals surface area (Å²) < 4.78 is 27.0. The molecule has 1 aromatic rings. The van der Waals surface area contributed by atoms with Crippen molar-refractivity contribution in [1.29, 1.82) is 0 Å². The van der Waals surface area contributed by atoms with Gasteiger partial charge >= 0.3 is 0 Å². The molecule has 1 aromatic carbocycles. The molecule has 0 saturated carbocycles. The van der Waals surface area contributed by atoms with Crippen LogP contribution < -0.4 is 0 Å². The minimum absolute atomic E-state index is 0.195. The molecule has 0 saturated heterocycles. The third-order valence-electron chi connectivity index (χ3n) is 3.32. The average Bonchev–Trinajstić information content (AvgIpc) is 2.54. The van der Waals surface area contributed by atoms with Crippen LogP contribution in [0.15, 0.2) is 52.5 Å². The lowest BCUT2D eigenvalue weighted by Gasteiger charge is -2.19. The van der Waals surface area contributed by atoms with Gasteiger partial charge in [0.05, 0.1) is 4.90 Å². The van der Waals surface area contributed by atoms with Gasteiger partial charge in [-0.05, 0) is 44.1 Å². The number of benzene rings is 1. The van der Waals surface area contributed by atoms with E-state index in [1.807, 2.05) is 6.92 Å². The Morgan fingerprint density at radius 2 is 1.48 bits per heavy atom. The molecule has 0 aliphatic rings. The molecule has 0 atom stereocenters. The molecule has 0 aliphatic heterocycles. The summed E-state index contributed by atoms with van der Waals surface area (Å²) in [6, 6.07) is 6.76. The first kappa shape index (κ1) is 18.8. The Kier molecular flexibility index (Phi) is 6.85.